The van der Waals surface area contributed by atoms with Crippen LogP contribution in [0.15, 0.2) is 47.2 Å². The van der Waals surface area contributed by atoms with Gasteiger partial charge < -0.3 is 10.3 Å². The normalized spacial score (nSPS) is 10.6. The van der Waals surface area contributed by atoms with Gasteiger partial charge in [0.2, 0.25) is 5.82 Å². The van der Waals surface area contributed by atoms with Gasteiger partial charge in [0.1, 0.15) is 5.82 Å². The van der Waals surface area contributed by atoms with Gasteiger partial charge in [-0.2, -0.15) is 4.98 Å². The predicted octanol–water partition coefficient (Wildman–Crippen LogP) is 2.52. The van der Waals surface area contributed by atoms with E-state index in [1.165, 1.54) is 18.2 Å². The fraction of sp³-hybridized carbons (Fsp3) is 0. The Kier molecular flexibility index (Phi) is 2.68. The summed E-state index contributed by atoms with van der Waals surface area (Å²) in [6.45, 7) is 0. The summed E-state index contributed by atoms with van der Waals surface area (Å²) in [5.74, 6) is 0.261. The molecule has 3 aromatic rings. The molecule has 0 unspecified atom stereocenters. The number of halogens is 1. The Labute approximate surface area is 107 Å². The van der Waals surface area contributed by atoms with E-state index in [1.54, 1.807) is 24.5 Å². The Hall–Kier alpha value is -2.76. The molecule has 2 aromatic heterocycles. The van der Waals surface area contributed by atoms with Crippen molar-refractivity contribution in [1.82, 2.24) is 15.1 Å². The second-order valence-electron chi connectivity index (χ2n) is 3.90. The third-order valence-corrected chi connectivity index (χ3v) is 2.61. The Morgan fingerprint density at radius 1 is 1.05 bits per heavy atom. The van der Waals surface area contributed by atoms with E-state index in [2.05, 4.69) is 15.1 Å². The number of nitrogens with zero attached hydrogens (tertiary/aromatic N) is 3. The van der Waals surface area contributed by atoms with Gasteiger partial charge in [-0.05, 0) is 30.3 Å². The number of anilines is 1. The number of pyridine rings is 1. The molecule has 5 nitrogen and oxygen atoms in total. The average Bonchev–Trinajstić information content (AvgIpc) is 2.93. The summed E-state index contributed by atoms with van der Waals surface area (Å²) in [4.78, 5) is 8.15. The number of rotatable bonds is 2. The van der Waals surface area contributed by atoms with E-state index in [1.807, 2.05) is 0 Å². The first-order valence-electron chi connectivity index (χ1n) is 5.53. The van der Waals surface area contributed by atoms with Crippen molar-refractivity contribution in [3.8, 4) is 22.8 Å². The average molecular weight is 256 g/mol. The Bertz CT molecular complexity index is 712. The molecule has 0 aliphatic carbocycles. The van der Waals surface area contributed by atoms with Crippen LogP contribution >= 0.6 is 0 Å². The molecule has 0 amide bonds. The SMILES string of the molecule is Nc1cc(-c2nc(-c3ccncc3)no2)ccc1F. The third-order valence-electron chi connectivity index (χ3n) is 2.61. The molecule has 3 rings (SSSR count). The van der Waals surface area contributed by atoms with Gasteiger partial charge >= 0.3 is 0 Å². The number of nitrogen functional groups attached to an aromatic ring is 1. The van der Waals surface area contributed by atoms with Crippen molar-refractivity contribution in [2.45, 2.75) is 0 Å². The lowest BCUT2D eigenvalue weighted by molar-refractivity contribution is 0.432. The lowest BCUT2D eigenvalue weighted by Gasteiger charge is -1.97. The van der Waals surface area contributed by atoms with E-state index in [0.29, 0.717) is 17.3 Å². The highest BCUT2D eigenvalue weighted by atomic mass is 19.1. The van der Waals surface area contributed by atoms with Crippen LogP contribution in [0, 0.1) is 5.82 Å². The van der Waals surface area contributed by atoms with Gasteiger partial charge in [0.15, 0.2) is 0 Å². The van der Waals surface area contributed by atoms with E-state index in [0.717, 1.165) is 5.56 Å². The number of benzene rings is 1. The lowest BCUT2D eigenvalue weighted by atomic mass is 10.2. The Morgan fingerprint density at radius 2 is 1.84 bits per heavy atom. The van der Waals surface area contributed by atoms with Gasteiger partial charge in [0.25, 0.3) is 5.89 Å². The standard InChI is InChI=1S/C13H9FN4O/c14-10-2-1-9(7-11(10)15)13-17-12(18-19-13)8-3-5-16-6-4-8/h1-7H,15H2. The second-order valence-corrected chi connectivity index (χ2v) is 3.90. The van der Waals surface area contributed by atoms with E-state index in [9.17, 15) is 4.39 Å². The molecule has 0 saturated heterocycles. The minimum Gasteiger partial charge on any atom is -0.396 e. The molecule has 6 heteroatoms. The van der Waals surface area contributed by atoms with Crippen LogP contribution in [0.1, 0.15) is 0 Å². The molecule has 0 aliphatic heterocycles. The summed E-state index contributed by atoms with van der Waals surface area (Å²) >= 11 is 0. The molecule has 2 heterocycles. The topological polar surface area (TPSA) is 77.8 Å². The second kappa shape index (κ2) is 4.49. The highest BCUT2D eigenvalue weighted by molar-refractivity contribution is 5.62. The molecule has 0 spiro atoms. The number of nitrogens with two attached hydrogens (primary N) is 1. The first kappa shape index (κ1) is 11.3. The van der Waals surface area contributed by atoms with Crippen molar-refractivity contribution >= 4 is 5.69 Å². The summed E-state index contributed by atoms with van der Waals surface area (Å²) in [6.07, 6.45) is 3.28. The van der Waals surface area contributed by atoms with Gasteiger partial charge in [-0.15, -0.1) is 0 Å². The number of hydrogen-bond donors (Lipinski definition) is 1. The highest BCUT2D eigenvalue weighted by Gasteiger charge is 2.11. The molecular weight excluding hydrogens is 247 g/mol. The van der Waals surface area contributed by atoms with Gasteiger partial charge in [-0.25, -0.2) is 4.39 Å². The molecule has 0 saturated carbocycles. The van der Waals surface area contributed by atoms with Crippen LogP contribution in [0.4, 0.5) is 10.1 Å². The summed E-state index contributed by atoms with van der Waals surface area (Å²) < 4.78 is 18.2. The maximum atomic E-state index is 13.1. The summed E-state index contributed by atoms with van der Waals surface area (Å²) in [5.41, 5.74) is 6.91. The molecule has 0 atom stereocenters. The lowest BCUT2D eigenvalue weighted by Crippen LogP contribution is -1.90. The molecular formula is C13H9FN4O. The fourth-order valence-electron chi connectivity index (χ4n) is 1.64. The number of aromatic nitrogens is 3. The van der Waals surface area contributed by atoms with Crippen LogP contribution in [-0.2, 0) is 0 Å². The summed E-state index contributed by atoms with van der Waals surface area (Å²) in [5, 5.41) is 3.87. The van der Waals surface area contributed by atoms with Crippen molar-refractivity contribution < 1.29 is 8.91 Å². The highest BCUT2D eigenvalue weighted by Crippen LogP contribution is 2.24. The van der Waals surface area contributed by atoms with Crippen LogP contribution in [0.3, 0.4) is 0 Å². The van der Waals surface area contributed by atoms with E-state index in [4.69, 9.17) is 10.3 Å². The van der Waals surface area contributed by atoms with Gasteiger partial charge in [-0.3, -0.25) is 4.98 Å². The molecule has 0 bridgehead atoms. The van der Waals surface area contributed by atoms with Crippen molar-refractivity contribution in [3.05, 3.63) is 48.5 Å². The monoisotopic (exact) mass is 256 g/mol. The van der Waals surface area contributed by atoms with Crippen molar-refractivity contribution in [3.63, 3.8) is 0 Å². The smallest absolute Gasteiger partial charge is 0.258 e. The molecule has 94 valence electrons. The van der Waals surface area contributed by atoms with Crippen LogP contribution < -0.4 is 5.73 Å². The van der Waals surface area contributed by atoms with E-state index >= 15 is 0 Å². The van der Waals surface area contributed by atoms with Crippen LogP contribution in [0.5, 0.6) is 0 Å². The largest absolute Gasteiger partial charge is 0.396 e. The zero-order valence-electron chi connectivity index (χ0n) is 9.75. The van der Waals surface area contributed by atoms with Crippen LogP contribution in [-0.4, -0.2) is 15.1 Å². The fourth-order valence-corrected chi connectivity index (χ4v) is 1.64. The van der Waals surface area contributed by atoms with Gasteiger partial charge in [-0.1, -0.05) is 5.16 Å². The van der Waals surface area contributed by atoms with E-state index in [-0.39, 0.29) is 5.69 Å². The summed E-state index contributed by atoms with van der Waals surface area (Å²) in [7, 11) is 0. The third kappa shape index (κ3) is 2.15. The molecule has 0 aliphatic rings. The van der Waals surface area contributed by atoms with Crippen LogP contribution in [0.2, 0.25) is 0 Å². The molecule has 1 aromatic carbocycles. The van der Waals surface area contributed by atoms with Crippen molar-refractivity contribution in [2.75, 3.05) is 5.73 Å². The Morgan fingerprint density at radius 3 is 2.58 bits per heavy atom. The van der Waals surface area contributed by atoms with E-state index < -0.39 is 5.82 Å². The van der Waals surface area contributed by atoms with Crippen molar-refractivity contribution in [1.29, 1.82) is 0 Å². The minimum absolute atomic E-state index is 0.0427. The van der Waals surface area contributed by atoms with Crippen molar-refractivity contribution in [2.24, 2.45) is 0 Å². The maximum Gasteiger partial charge on any atom is 0.258 e. The molecule has 2 N–H and O–H groups in total. The molecule has 19 heavy (non-hydrogen) atoms. The summed E-state index contributed by atoms with van der Waals surface area (Å²) in [6, 6.07) is 7.80. The zero-order chi connectivity index (χ0) is 13.2. The number of hydrogen-bond acceptors (Lipinski definition) is 5. The molecule has 0 radical (unpaired) electrons. The Balaban J connectivity index is 1.99. The zero-order valence-corrected chi connectivity index (χ0v) is 9.75. The first-order chi connectivity index (χ1) is 9.24. The minimum atomic E-state index is -0.474. The quantitative estimate of drug-likeness (QED) is 0.713. The van der Waals surface area contributed by atoms with Crippen LogP contribution in [0.25, 0.3) is 22.8 Å². The molecule has 0 fully saturated rings. The predicted molar refractivity (Wildman–Crippen MR) is 67.3 cm³/mol. The van der Waals surface area contributed by atoms with Gasteiger partial charge in [0.05, 0.1) is 5.69 Å². The first-order valence-corrected chi connectivity index (χ1v) is 5.53. The van der Waals surface area contributed by atoms with Gasteiger partial charge in [0, 0.05) is 23.5 Å². The maximum absolute atomic E-state index is 13.1.